The van der Waals surface area contributed by atoms with E-state index < -0.39 is 9.84 Å². The average Bonchev–Trinajstić information content (AvgIpc) is 2.16. The molecule has 2 aromatic carbocycles. The van der Waals surface area contributed by atoms with Gasteiger partial charge in [0.2, 0.25) is 0 Å². The lowest BCUT2D eigenvalue weighted by atomic mass is 10.1. The number of hydrogen-bond acceptors (Lipinski definition) is 2. The van der Waals surface area contributed by atoms with Crippen LogP contribution in [0.3, 0.4) is 0 Å². The summed E-state index contributed by atoms with van der Waals surface area (Å²) in [7, 11) is -3.26. The van der Waals surface area contributed by atoms with Crippen LogP contribution in [0.2, 0.25) is 0 Å². The van der Waals surface area contributed by atoms with E-state index in [1.54, 1.807) is 19.1 Å². The van der Waals surface area contributed by atoms with Gasteiger partial charge in [0.1, 0.15) is 5.82 Å². The molecule has 0 atom stereocenters. The minimum absolute atomic E-state index is 0.255. The Balaban J connectivity index is 2.84. The van der Waals surface area contributed by atoms with Gasteiger partial charge in [0.25, 0.3) is 0 Å². The summed E-state index contributed by atoms with van der Waals surface area (Å²) in [5, 5.41) is 1.44. The third kappa shape index (κ3) is 1.93. The summed E-state index contributed by atoms with van der Waals surface area (Å²) in [5.74, 6) is -0.365. The second kappa shape index (κ2) is 3.56. The van der Waals surface area contributed by atoms with Crippen LogP contribution >= 0.6 is 0 Å². The van der Waals surface area contributed by atoms with Crippen molar-refractivity contribution in [1.82, 2.24) is 0 Å². The molecule has 0 bridgehead atoms. The maximum Gasteiger partial charge on any atom is 0.175 e. The smallest absolute Gasteiger partial charge is 0.175 e. The van der Waals surface area contributed by atoms with Crippen molar-refractivity contribution in [2.45, 2.75) is 11.8 Å². The molecule has 0 N–H and O–H groups in total. The van der Waals surface area contributed by atoms with Gasteiger partial charge in [-0.15, -0.1) is 0 Å². The fourth-order valence-corrected chi connectivity index (χ4v) is 2.75. The molecule has 0 heterocycles. The lowest BCUT2D eigenvalue weighted by Crippen LogP contribution is -2.00. The molecule has 0 fully saturated rings. The molecular weight excluding hydrogens is 227 g/mol. The number of rotatable bonds is 1. The van der Waals surface area contributed by atoms with Gasteiger partial charge in [0, 0.05) is 6.26 Å². The summed E-state index contributed by atoms with van der Waals surface area (Å²) in [6, 6.07) is 7.61. The molecule has 2 aromatic rings. The normalized spacial score (nSPS) is 11.9. The predicted molar refractivity (Wildman–Crippen MR) is 61.8 cm³/mol. The fraction of sp³-hybridized carbons (Fsp3) is 0.167. The Kier molecular flexibility index (Phi) is 2.46. The quantitative estimate of drug-likeness (QED) is 0.765. The summed E-state index contributed by atoms with van der Waals surface area (Å²) in [4.78, 5) is 0.255. The van der Waals surface area contributed by atoms with E-state index >= 15 is 0 Å². The molecule has 4 heteroatoms. The number of sulfone groups is 1. The van der Waals surface area contributed by atoms with Gasteiger partial charge in [0.15, 0.2) is 9.84 Å². The Morgan fingerprint density at radius 1 is 1.06 bits per heavy atom. The molecule has 0 aliphatic carbocycles. The molecule has 0 spiro atoms. The van der Waals surface area contributed by atoms with Crippen LogP contribution < -0.4 is 0 Å². The third-order valence-corrected chi connectivity index (χ3v) is 3.73. The highest BCUT2D eigenvalue weighted by Crippen LogP contribution is 2.23. The zero-order chi connectivity index (χ0) is 11.9. The number of aryl methyl sites for hydroxylation is 1. The zero-order valence-corrected chi connectivity index (χ0v) is 9.81. The van der Waals surface area contributed by atoms with Crippen molar-refractivity contribution in [3.63, 3.8) is 0 Å². The average molecular weight is 238 g/mol. The Bertz CT molecular complexity index is 660. The van der Waals surface area contributed by atoms with Crippen LogP contribution in [0.4, 0.5) is 4.39 Å². The number of hydrogen-bond donors (Lipinski definition) is 0. The molecule has 0 aromatic heterocycles. The molecule has 0 aliphatic heterocycles. The molecule has 0 saturated carbocycles. The van der Waals surface area contributed by atoms with E-state index in [-0.39, 0.29) is 10.7 Å². The lowest BCUT2D eigenvalue weighted by Gasteiger charge is -2.06. The molecule has 16 heavy (non-hydrogen) atoms. The first-order valence-corrected chi connectivity index (χ1v) is 6.67. The lowest BCUT2D eigenvalue weighted by molar-refractivity contribution is 0.601. The first-order chi connectivity index (χ1) is 7.38. The molecule has 2 nitrogen and oxygen atoms in total. The maximum absolute atomic E-state index is 13.0. The van der Waals surface area contributed by atoms with E-state index in [0.29, 0.717) is 10.9 Å². The Morgan fingerprint density at radius 3 is 2.38 bits per heavy atom. The molecule has 0 radical (unpaired) electrons. The van der Waals surface area contributed by atoms with Crippen LogP contribution in [-0.2, 0) is 9.84 Å². The largest absolute Gasteiger partial charge is 0.224 e. The van der Waals surface area contributed by atoms with Gasteiger partial charge in [0.05, 0.1) is 4.90 Å². The third-order valence-electron chi connectivity index (χ3n) is 2.50. The maximum atomic E-state index is 13.0. The summed E-state index contributed by atoms with van der Waals surface area (Å²) in [6.07, 6.45) is 1.15. The molecule has 0 amide bonds. The highest BCUT2D eigenvalue weighted by molar-refractivity contribution is 7.90. The van der Waals surface area contributed by atoms with Gasteiger partial charge in [-0.3, -0.25) is 0 Å². The van der Waals surface area contributed by atoms with E-state index in [1.807, 2.05) is 0 Å². The van der Waals surface area contributed by atoms with Crippen LogP contribution in [0.25, 0.3) is 10.8 Å². The van der Waals surface area contributed by atoms with Crippen molar-refractivity contribution < 1.29 is 12.8 Å². The van der Waals surface area contributed by atoms with Crippen LogP contribution in [-0.4, -0.2) is 14.7 Å². The monoisotopic (exact) mass is 238 g/mol. The molecule has 0 aliphatic rings. The summed E-state index contributed by atoms with van der Waals surface area (Å²) in [6.45, 7) is 1.74. The first-order valence-electron chi connectivity index (χ1n) is 4.78. The zero-order valence-electron chi connectivity index (χ0n) is 8.99. The predicted octanol–water partition coefficient (Wildman–Crippen LogP) is 2.69. The van der Waals surface area contributed by atoms with Crippen LogP contribution in [0, 0.1) is 12.7 Å². The van der Waals surface area contributed by atoms with Crippen LogP contribution in [0.15, 0.2) is 35.2 Å². The van der Waals surface area contributed by atoms with E-state index in [9.17, 15) is 12.8 Å². The summed E-state index contributed by atoms with van der Waals surface area (Å²) >= 11 is 0. The van der Waals surface area contributed by atoms with Crippen molar-refractivity contribution >= 4 is 20.6 Å². The number of benzene rings is 2. The van der Waals surface area contributed by atoms with Crippen LogP contribution in [0.5, 0.6) is 0 Å². The second-order valence-electron chi connectivity index (χ2n) is 3.88. The van der Waals surface area contributed by atoms with Crippen molar-refractivity contribution in [2.75, 3.05) is 6.26 Å². The summed E-state index contributed by atoms with van der Waals surface area (Å²) < 4.78 is 36.0. The van der Waals surface area contributed by atoms with Gasteiger partial charge >= 0.3 is 0 Å². The highest BCUT2D eigenvalue weighted by atomic mass is 32.2. The molecule has 0 saturated heterocycles. The summed E-state index contributed by atoms with van der Waals surface area (Å²) in [5.41, 5.74) is 0.682. The highest BCUT2D eigenvalue weighted by Gasteiger charge is 2.11. The number of halogens is 1. The van der Waals surface area contributed by atoms with E-state index in [0.717, 1.165) is 11.6 Å². The minimum atomic E-state index is -3.26. The Labute approximate surface area is 93.6 Å². The van der Waals surface area contributed by atoms with Gasteiger partial charge in [-0.2, -0.15) is 0 Å². The van der Waals surface area contributed by atoms with Crippen molar-refractivity contribution in [3.8, 4) is 0 Å². The number of fused-ring (bicyclic) bond motifs is 1. The molecule has 2 rings (SSSR count). The standard InChI is InChI=1S/C12H11FO2S/c1-8-5-9-3-4-11(13)6-10(9)7-12(8)16(2,14)15/h3-7H,1-2H3. The van der Waals surface area contributed by atoms with Gasteiger partial charge in [-0.1, -0.05) is 12.1 Å². The van der Waals surface area contributed by atoms with Gasteiger partial charge < -0.3 is 0 Å². The van der Waals surface area contributed by atoms with Crippen LogP contribution in [0.1, 0.15) is 5.56 Å². The minimum Gasteiger partial charge on any atom is -0.224 e. The SMILES string of the molecule is Cc1cc2ccc(F)cc2cc1S(C)(=O)=O. The van der Waals surface area contributed by atoms with E-state index in [4.69, 9.17) is 0 Å². The van der Waals surface area contributed by atoms with Gasteiger partial charge in [-0.25, -0.2) is 12.8 Å². The molecule has 84 valence electrons. The Hall–Kier alpha value is -1.42. The Morgan fingerprint density at radius 2 is 1.75 bits per heavy atom. The topological polar surface area (TPSA) is 34.1 Å². The van der Waals surface area contributed by atoms with E-state index in [2.05, 4.69) is 0 Å². The fourth-order valence-electron chi connectivity index (χ4n) is 1.76. The molecular formula is C12H11FO2S. The second-order valence-corrected chi connectivity index (χ2v) is 5.87. The van der Waals surface area contributed by atoms with Crippen molar-refractivity contribution in [3.05, 3.63) is 41.7 Å². The first kappa shape index (κ1) is 11.1. The van der Waals surface area contributed by atoms with Crippen molar-refractivity contribution in [2.24, 2.45) is 0 Å². The van der Waals surface area contributed by atoms with Crippen molar-refractivity contribution in [1.29, 1.82) is 0 Å². The van der Waals surface area contributed by atoms with E-state index in [1.165, 1.54) is 18.2 Å². The van der Waals surface area contributed by atoms with Gasteiger partial charge in [-0.05, 0) is 41.5 Å². The molecule has 0 unspecified atom stereocenters.